The Balaban J connectivity index is 1.67. The number of aromatic nitrogens is 2. The largest absolute Gasteiger partial charge is 0.454 e. The summed E-state index contributed by atoms with van der Waals surface area (Å²) in [5, 5.41) is 0.829. The predicted octanol–water partition coefficient (Wildman–Crippen LogP) is 3.36. The average molecular weight is 400 g/mol. The second-order valence-corrected chi connectivity index (χ2v) is 7.16. The van der Waals surface area contributed by atoms with E-state index in [1.807, 2.05) is 19.9 Å². The van der Waals surface area contributed by atoms with Crippen LogP contribution >= 0.6 is 11.6 Å². The summed E-state index contributed by atoms with van der Waals surface area (Å²) in [5.74, 6) is 1.05. The lowest BCUT2D eigenvalue weighted by atomic mass is 10.1. The molecule has 0 aliphatic carbocycles. The Kier molecular flexibility index (Phi) is 4.68. The molecule has 0 saturated heterocycles. The number of nitrogens with one attached hydrogen (secondary N) is 1. The first-order valence-electron chi connectivity index (χ1n) is 8.82. The van der Waals surface area contributed by atoms with Gasteiger partial charge in [-0.2, -0.15) is 0 Å². The Morgan fingerprint density at radius 1 is 1.29 bits per heavy atom. The number of rotatable bonds is 4. The Hall–Kier alpha value is -3.06. The molecule has 0 unspecified atom stereocenters. The van der Waals surface area contributed by atoms with Crippen LogP contribution in [0.1, 0.15) is 30.0 Å². The summed E-state index contributed by atoms with van der Waals surface area (Å²) in [6.45, 7) is 4.02. The third-order valence-electron chi connectivity index (χ3n) is 4.54. The summed E-state index contributed by atoms with van der Waals surface area (Å²) in [5.41, 5.74) is 0.734. The van der Waals surface area contributed by atoms with E-state index in [2.05, 4.69) is 9.97 Å². The summed E-state index contributed by atoms with van der Waals surface area (Å²) in [7, 11) is 0. The number of ether oxygens (including phenoxy) is 2. The van der Waals surface area contributed by atoms with E-state index in [-0.39, 0.29) is 30.8 Å². The summed E-state index contributed by atoms with van der Waals surface area (Å²) < 4.78 is 10.6. The van der Waals surface area contributed by atoms with Crippen LogP contribution in [0.3, 0.4) is 0 Å². The third-order valence-corrected chi connectivity index (χ3v) is 4.82. The SMILES string of the molecule is CC(C)N(Cc1nc2ccccc2c(=O)[nH]1)C(=O)c1cc(Cl)c2c(c1)OCO2. The van der Waals surface area contributed by atoms with Gasteiger partial charge in [-0.25, -0.2) is 4.98 Å². The highest BCUT2D eigenvalue weighted by Crippen LogP contribution is 2.40. The number of halogens is 1. The molecule has 0 spiro atoms. The van der Waals surface area contributed by atoms with Crippen LogP contribution in [0, 0.1) is 0 Å². The van der Waals surface area contributed by atoms with Gasteiger partial charge in [-0.05, 0) is 38.1 Å². The number of carbonyl (C=O) groups is 1. The molecule has 8 heteroatoms. The molecule has 1 N–H and O–H groups in total. The number of amides is 1. The van der Waals surface area contributed by atoms with Crippen molar-refractivity contribution in [3.05, 3.63) is 63.2 Å². The van der Waals surface area contributed by atoms with Crippen LogP contribution in [0.2, 0.25) is 5.02 Å². The lowest BCUT2D eigenvalue weighted by Crippen LogP contribution is -2.37. The van der Waals surface area contributed by atoms with E-state index in [1.54, 1.807) is 35.2 Å². The highest BCUT2D eigenvalue weighted by molar-refractivity contribution is 6.32. The van der Waals surface area contributed by atoms with Gasteiger partial charge < -0.3 is 19.4 Å². The van der Waals surface area contributed by atoms with Crippen molar-refractivity contribution in [3.8, 4) is 11.5 Å². The molecule has 144 valence electrons. The van der Waals surface area contributed by atoms with E-state index < -0.39 is 0 Å². The van der Waals surface area contributed by atoms with E-state index in [9.17, 15) is 9.59 Å². The highest BCUT2D eigenvalue weighted by Gasteiger charge is 2.25. The standard InChI is InChI=1S/C20H18ClN3O4/c1-11(2)24(9-17-22-15-6-4-3-5-13(15)19(25)23-17)20(26)12-7-14(21)18-16(8-12)27-10-28-18/h3-8,11H,9-10H2,1-2H3,(H,22,23,25). The first kappa shape index (κ1) is 18.3. The number of aromatic amines is 1. The zero-order valence-corrected chi connectivity index (χ0v) is 16.1. The minimum Gasteiger partial charge on any atom is -0.454 e. The van der Waals surface area contributed by atoms with Gasteiger partial charge in [0, 0.05) is 11.6 Å². The zero-order chi connectivity index (χ0) is 19.8. The summed E-state index contributed by atoms with van der Waals surface area (Å²) in [6.07, 6.45) is 0. The van der Waals surface area contributed by atoms with Gasteiger partial charge in [0.05, 0.1) is 22.5 Å². The van der Waals surface area contributed by atoms with E-state index in [0.29, 0.717) is 38.8 Å². The molecule has 7 nitrogen and oxygen atoms in total. The number of benzene rings is 2. The molecule has 0 saturated carbocycles. The number of nitrogens with zero attached hydrogens (tertiary/aromatic N) is 2. The zero-order valence-electron chi connectivity index (χ0n) is 15.4. The molecular formula is C20H18ClN3O4. The molecule has 1 aromatic heterocycles. The maximum atomic E-state index is 13.1. The van der Waals surface area contributed by atoms with Crippen LogP contribution in [0.5, 0.6) is 11.5 Å². The Labute approximate surface area is 165 Å². The van der Waals surface area contributed by atoms with E-state index in [1.165, 1.54) is 0 Å². The van der Waals surface area contributed by atoms with E-state index >= 15 is 0 Å². The smallest absolute Gasteiger partial charge is 0.258 e. The van der Waals surface area contributed by atoms with Crippen LogP contribution in [0.4, 0.5) is 0 Å². The molecule has 1 aliphatic heterocycles. The normalized spacial score (nSPS) is 12.6. The Morgan fingerprint density at radius 2 is 2.07 bits per heavy atom. The van der Waals surface area contributed by atoms with Gasteiger partial charge in [0.2, 0.25) is 6.79 Å². The van der Waals surface area contributed by atoms with Crippen LogP contribution in [0.25, 0.3) is 10.9 Å². The maximum Gasteiger partial charge on any atom is 0.258 e. The number of H-pyrrole nitrogens is 1. The van der Waals surface area contributed by atoms with Gasteiger partial charge in [0.25, 0.3) is 11.5 Å². The van der Waals surface area contributed by atoms with Gasteiger partial charge in [-0.15, -0.1) is 0 Å². The number of carbonyl (C=O) groups excluding carboxylic acids is 1. The number of hydrogen-bond acceptors (Lipinski definition) is 5. The lowest BCUT2D eigenvalue weighted by Gasteiger charge is -2.26. The van der Waals surface area contributed by atoms with E-state index in [4.69, 9.17) is 21.1 Å². The van der Waals surface area contributed by atoms with Crippen molar-refractivity contribution >= 4 is 28.4 Å². The first-order valence-corrected chi connectivity index (χ1v) is 9.20. The van der Waals surface area contributed by atoms with Gasteiger partial charge >= 0.3 is 0 Å². The fourth-order valence-electron chi connectivity index (χ4n) is 3.12. The molecule has 0 fully saturated rings. The molecule has 4 rings (SSSR count). The van der Waals surface area contributed by atoms with Crippen LogP contribution in [-0.4, -0.2) is 33.6 Å². The fourth-order valence-corrected chi connectivity index (χ4v) is 3.38. The minimum absolute atomic E-state index is 0.0723. The molecular weight excluding hydrogens is 382 g/mol. The van der Waals surface area contributed by atoms with Crippen molar-refractivity contribution in [2.75, 3.05) is 6.79 Å². The van der Waals surface area contributed by atoms with Gasteiger partial charge in [-0.1, -0.05) is 23.7 Å². The van der Waals surface area contributed by atoms with Gasteiger partial charge in [0.15, 0.2) is 11.5 Å². The summed E-state index contributed by atoms with van der Waals surface area (Å²) in [4.78, 5) is 34.3. The number of fused-ring (bicyclic) bond motifs is 2. The van der Waals surface area contributed by atoms with Crippen LogP contribution < -0.4 is 15.0 Å². The summed E-state index contributed by atoms with van der Waals surface area (Å²) in [6, 6.07) is 10.1. The fraction of sp³-hybridized carbons (Fsp3) is 0.250. The van der Waals surface area contributed by atoms with Crippen molar-refractivity contribution in [2.24, 2.45) is 0 Å². The molecule has 0 radical (unpaired) electrons. The second-order valence-electron chi connectivity index (χ2n) is 6.75. The van der Waals surface area contributed by atoms with Crippen molar-refractivity contribution in [1.82, 2.24) is 14.9 Å². The monoisotopic (exact) mass is 399 g/mol. The second kappa shape index (κ2) is 7.16. The predicted molar refractivity (Wildman–Crippen MR) is 105 cm³/mol. The van der Waals surface area contributed by atoms with Crippen LogP contribution in [-0.2, 0) is 6.54 Å². The summed E-state index contributed by atoms with van der Waals surface area (Å²) >= 11 is 6.21. The Morgan fingerprint density at radius 3 is 2.86 bits per heavy atom. The van der Waals surface area contributed by atoms with Crippen molar-refractivity contribution in [3.63, 3.8) is 0 Å². The van der Waals surface area contributed by atoms with Gasteiger partial charge in [0.1, 0.15) is 5.82 Å². The lowest BCUT2D eigenvalue weighted by molar-refractivity contribution is 0.0684. The Bertz CT molecular complexity index is 1130. The first-order chi connectivity index (χ1) is 13.4. The molecule has 2 aromatic carbocycles. The maximum absolute atomic E-state index is 13.1. The molecule has 0 atom stereocenters. The number of para-hydroxylation sites is 1. The van der Waals surface area contributed by atoms with Crippen molar-refractivity contribution in [2.45, 2.75) is 26.4 Å². The van der Waals surface area contributed by atoms with E-state index in [0.717, 1.165) is 0 Å². The van der Waals surface area contributed by atoms with Crippen molar-refractivity contribution < 1.29 is 14.3 Å². The molecule has 1 amide bonds. The quantitative estimate of drug-likeness (QED) is 0.727. The minimum atomic E-state index is -0.244. The number of hydrogen-bond donors (Lipinski definition) is 1. The van der Waals surface area contributed by atoms with Crippen molar-refractivity contribution in [1.29, 1.82) is 0 Å². The third kappa shape index (κ3) is 3.29. The molecule has 28 heavy (non-hydrogen) atoms. The van der Waals surface area contributed by atoms with Gasteiger partial charge in [-0.3, -0.25) is 9.59 Å². The average Bonchev–Trinajstić information content (AvgIpc) is 3.15. The van der Waals surface area contributed by atoms with Crippen LogP contribution in [0.15, 0.2) is 41.2 Å². The molecule has 3 aromatic rings. The molecule has 2 heterocycles. The molecule has 1 aliphatic rings. The topological polar surface area (TPSA) is 84.5 Å². The highest BCUT2D eigenvalue weighted by atomic mass is 35.5. The molecule has 0 bridgehead atoms.